The number of amides is 1. The highest BCUT2D eigenvalue weighted by Gasteiger charge is 2.26. The Kier molecular flexibility index (Phi) is 5.19. The minimum Gasteiger partial charge on any atom is -0.497 e. The number of methoxy groups -OCH3 is 1. The summed E-state index contributed by atoms with van der Waals surface area (Å²) in [6.45, 7) is 0. The SMILES string of the molecule is COc1ccc(S(=O)(=O)CCCC(=O)Nc2nc3c(s2)-c2cccc4cccc-3c24)cc1. The summed E-state index contributed by atoms with van der Waals surface area (Å²) in [6.07, 6.45) is 0.333. The summed E-state index contributed by atoms with van der Waals surface area (Å²) in [5.74, 6) is 0.252. The Labute approximate surface area is 189 Å². The van der Waals surface area contributed by atoms with E-state index >= 15 is 0 Å². The molecule has 8 heteroatoms. The van der Waals surface area contributed by atoms with Gasteiger partial charge in [0.1, 0.15) is 5.75 Å². The average molecular weight is 465 g/mol. The van der Waals surface area contributed by atoms with Crippen LogP contribution in [0.1, 0.15) is 12.8 Å². The molecule has 0 atom stereocenters. The third-order valence-corrected chi connectivity index (χ3v) is 8.33. The molecule has 0 spiro atoms. The first-order valence-electron chi connectivity index (χ1n) is 10.2. The lowest BCUT2D eigenvalue weighted by Gasteiger charge is -2.06. The Morgan fingerprint density at radius 1 is 1.03 bits per heavy atom. The number of fused-ring (bicyclic) bond motifs is 3. The second kappa shape index (κ2) is 8.03. The van der Waals surface area contributed by atoms with Gasteiger partial charge < -0.3 is 10.1 Å². The van der Waals surface area contributed by atoms with Gasteiger partial charge in [-0.1, -0.05) is 47.7 Å². The number of sulfone groups is 1. The van der Waals surface area contributed by atoms with Crippen LogP contribution in [0.5, 0.6) is 5.75 Å². The molecule has 3 aromatic carbocycles. The van der Waals surface area contributed by atoms with Crippen LogP contribution in [0.2, 0.25) is 0 Å². The van der Waals surface area contributed by atoms with Crippen LogP contribution >= 0.6 is 11.3 Å². The van der Waals surface area contributed by atoms with Gasteiger partial charge in [-0.2, -0.15) is 0 Å². The first-order chi connectivity index (χ1) is 15.5. The van der Waals surface area contributed by atoms with Crippen LogP contribution in [-0.2, 0) is 14.6 Å². The lowest BCUT2D eigenvalue weighted by Crippen LogP contribution is -2.14. The van der Waals surface area contributed by atoms with E-state index in [0.717, 1.165) is 21.7 Å². The molecule has 1 aromatic heterocycles. The lowest BCUT2D eigenvalue weighted by atomic mass is 10.0. The number of carbonyl (C=O) groups is 1. The minimum absolute atomic E-state index is 0.101. The van der Waals surface area contributed by atoms with Gasteiger partial charge in [0.05, 0.1) is 28.3 Å². The topological polar surface area (TPSA) is 85.4 Å². The van der Waals surface area contributed by atoms with Gasteiger partial charge in [-0.15, -0.1) is 0 Å². The second-order valence-electron chi connectivity index (χ2n) is 7.55. The van der Waals surface area contributed by atoms with E-state index in [4.69, 9.17) is 4.74 Å². The number of rotatable bonds is 7. The molecule has 1 aliphatic rings. The summed E-state index contributed by atoms with van der Waals surface area (Å²) in [5, 5.41) is 5.74. The molecule has 6 nitrogen and oxygen atoms in total. The van der Waals surface area contributed by atoms with E-state index in [2.05, 4.69) is 28.5 Å². The highest BCUT2D eigenvalue weighted by atomic mass is 32.2. The fraction of sp³-hybridized carbons (Fsp3) is 0.167. The monoisotopic (exact) mass is 464 g/mol. The number of hydrogen-bond donors (Lipinski definition) is 1. The van der Waals surface area contributed by atoms with Crippen LogP contribution in [0.3, 0.4) is 0 Å². The molecule has 0 bridgehead atoms. The van der Waals surface area contributed by atoms with Gasteiger partial charge in [0.15, 0.2) is 15.0 Å². The number of ether oxygens (including phenoxy) is 1. The predicted molar refractivity (Wildman–Crippen MR) is 127 cm³/mol. The molecule has 0 fully saturated rings. The van der Waals surface area contributed by atoms with E-state index in [1.807, 2.05) is 18.2 Å². The number of nitrogens with zero attached hydrogens (tertiary/aromatic N) is 1. The van der Waals surface area contributed by atoms with Gasteiger partial charge in [-0.25, -0.2) is 13.4 Å². The number of aromatic nitrogens is 1. The maximum Gasteiger partial charge on any atom is 0.226 e. The van der Waals surface area contributed by atoms with E-state index in [1.165, 1.54) is 41.4 Å². The van der Waals surface area contributed by atoms with Crippen LogP contribution in [0.4, 0.5) is 5.13 Å². The molecule has 32 heavy (non-hydrogen) atoms. The number of benzene rings is 3. The van der Waals surface area contributed by atoms with Crippen molar-refractivity contribution < 1.29 is 17.9 Å². The normalized spacial score (nSPS) is 12.0. The number of carbonyl (C=O) groups excluding carboxylic acids is 1. The molecule has 5 rings (SSSR count). The summed E-state index contributed by atoms with van der Waals surface area (Å²) in [5.41, 5.74) is 3.10. The molecule has 4 aromatic rings. The summed E-state index contributed by atoms with van der Waals surface area (Å²) >= 11 is 1.45. The van der Waals surface area contributed by atoms with Crippen molar-refractivity contribution in [1.82, 2.24) is 4.98 Å². The third kappa shape index (κ3) is 3.65. The molecular formula is C24H20N2O4S2. The van der Waals surface area contributed by atoms with Crippen molar-refractivity contribution in [3.63, 3.8) is 0 Å². The van der Waals surface area contributed by atoms with Crippen molar-refractivity contribution in [2.24, 2.45) is 0 Å². The van der Waals surface area contributed by atoms with Crippen LogP contribution in [-0.4, -0.2) is 32.2 Å². The van der Waals surface area contributed by atoms with Gasteiger partial charge in [0.2, 0.25) is 5.91 Å². The van der Waals surface area contributed by atoms with E-state index in [1.54, 1.807) is 12.1 Å². The van der Waals surface area contributed by atoms with E-state index in [-0.39, 0.29) is 29.4 Å². The fourth-order valence-corrected chi connectivity index (χ4v) is 6.31. The number of anilines is 1. The molecule has 0 saturated heterocycles. The molecule has 1 N–H and O–H groups in total. The summed E-state index contributed by atoms with van der Waals surface area (Å²) in [6, 6.07) is 18.6. The number of thiazole rings is 1. The molecule has 0 radical (unpaired) electrons. The maximum absolute atomic E-state index is 12.5. The standard InChI is InChI=1S/C24H20N2O4S2/c1-30-16-10-12-17(13-11-16)32(28,29)14-4-9-20(27)25-24-26-22-18-7-2-5-15-6-3-8-19(21(15)18)23(22)31-24/h2-3,5-8,10-13H,4,9,14H2,1H3,(H,25,26,27). The van der Waals surface area contributed by atoms with Crippen molar-refractivity contribution >= 4 is 43.0 Å². The third-order valence-electron chi connectivity index (χ3n) is 5.51. The lowest BCUT2D eigenvalue weighted by molar-refractivity contribution is -0.116. The summed E-state index contributed by atoms with van der Waals surface area (Å²) < 4.78 is 30.0. The van der Waals surface area contributed by atoms with Gasteiger partial charge in [0.25, 0.3) is 0 Å². The fourth-order valence-electron chi connectivity index (χ4n) is 3.97. The zero-order valence-corrected chi connectivity index (χ0v) is 18.9. The Morgan fingerprint density at radius 2 is 1.75 bits per heavy atom. The van der Waals surface area contributed by atoms with Crippen LogP contribution in [0, 0.1) is 0 Å². The Hall–Kier alpha value is -3.23. The average Bonchev–Trinajstić information content (AvgIpc) is 3.33. The molecule has 1 aliphatic carbocycles. The van der Waals surface area contributed by atoms with E-state index in [0.29, 0.717) is 10.9 Å². The number of nitrogens with one attached hydrogen (secondary N) is 1. The van der Waals surface area contributed by atoms with Gasteiger partial charge in [-0.3, -0.25) is 4.79 Å². The Bertz CT molecular complexity index is 1380. The molecule has 0 unspecified atom stereocenters. The summed E-state index contributed by atoms with van der Waals surface area (Å²) in [4.78, 5) is 18.3. The maximum atomic E-state index is 12.5. The van der Waals surface area contributed by atoms with Gasteiger partial charge in [0, 0.05) is 17.5 Å². The Morgan fingerprint density at radius 3 is 2.47 bits per heavy atom. The second-order valence-corrected chi connectivity index (χ2v) is 10.7. The van der Waals surface area contributed by atoms with Crippen molar-refractivity contribution in [2.75, 3.05) is 18.2 Å². The molecular weight excluding hydrogens is 444 g/mol. The van der Waals surface area contributed by atoms with E-state index in [9.17, 15) is 13.2 Å². The van der Waals surface area contributed by atoms with Crippen LogP contribution in [0.15, 0.2) is 65.6 Å². The molecule has 1 amide bonds. The van der Waals surface area contributed by atoms with Crippen LogP contribution in [0.25, 0.3) is 32.5 Å². The minimum atomic E-state index is -3.46. The van der Waals surface area contributed by atoms with Crippen molar-refractivity contribution in [3.05, 3.63) is 60.7 Å². The number of hydrogen-bond acceptors (Lipinski definition) is 6. The van der Waals surface area contributed by atoms with Crippen molar-refractivity contribution in [3.8, 4) is 27.4 Å². The van der Waals surface area contributed by atoms with Gasteiger partial charge >= 0.3 is 0 Å². The largest absolute Gasteiger partial charge is 0.497 e. The van der Waals surface area contributed by atoms with Crippen molar-refractivity contribution in [2.45, 2.75) is 17.7 Å². The molecule has 0 aliphatic heterocycles. The first-order valence-corrected chi connectivity index (χ1v) is 12.6. The Balaban J connectivity index is 1.23. The zero-order chi connectivity index (χ0) is 22.3. The summed E-state index contributed by atoms with van der Waals surface area (Å²) in [7, 11) is -1.93. The molecule has 1 heterocycles. The van der Waals surface area contributed by atoms with Crippen LogP contribution < -0.4 is 10.1 Å². The van der Waals surface area contributed by atoms with E-state index < -0.39 is 9.84 Å². The molecule has 0 saturated carbocycles. The highest BCUT2D eigenvalue weighted by molar-refractivity contribution is 7.91. The quantitative estimate of drug-likeness (QED) is 0.360. The predicted octanol–water partition coefficient (Wildman–Crippen LogP) is 5.14. The smallest absolute Gasteiger partial charge is 0.226 e. The van der Waals surface area contributed by atoms with Gasteiger partial charge in [-0.05, 0) is 41.5 Å². The molecule has 162 valence electrons. The van der Waals surface area contributed by atoms with Crippen molar-refractivity contribution in [1.29, 1.82) is 0 Å². The highest BCUT2D eigenvalue weighted by Crippen LogP contribution is 2.50. The first kappa shape index (κ1) is 20.7. The zero-order valence-electron chi connectivity index (χ0n) is 17.3.